The Morgan fingerprint density at radius 3 is 2.72 bits per heavy atom. The molecule has 25 heavy (non-hydrogen) atoms. The lowest BCUT2D eigenvalue weighted by Gasteiger charge is -1.99. The van der Waals surface area contributed by atoms with Crippen molar-refractivity contribution in [2.75, 3.05) is 7.11 Å². The Bertz CT molecular complexity index is 1170. The van der Waals surface area contributed by atoms with Gasteiger partial charge in [0, 0.05) is 10.0 Å². The number of benzene rings is 2. The highest BCUT2D eigenvalue weighted by atomic mass is 79.9. The van der Waals surface area contributed by atoms with Gasteiger partial charge in [-0.3, -0.25) is 4.79 Å². The fourth-order valence-corrected chi connectivity index (χ4v) is 3.61. The molecule has 0 unspecified atom stereocenters. The first kappa shape index (κ1) is 16.0. The Balaban J connectivity index is 1.79. The van der Waals surface area contributed by atoms with Gasteiger partial charge in [0.25, 0.3) is 5.56 Å². The molecule has 0 radical (unpaired) electrons. The Morgan fingerprint density at radius 2 is 2.00 bits per heavy atom. The molecule has 2 aromatic heterocycles. The average Bonchev–Trinajstić information content (AvgIpc) is 3.16. The summed E-state index contributed by atoms with van der Waals surface area (Å²) in [7, 11) is 1.62. The van der Waals surface area contributed by atoms with E-state index in [4.69, 9.17) is 4.74 Å². The van der Waals surface area contributed by atoms with Gasteiger partial charge >= 0.3 is 0 Å². The molecule has 0 aliphatic heterocycles. The Morgan fingerprint density at radius 1 is 1.20 bits per heavy atom. The molecule has 0 aliphatic rings. The van der Waals surface area contributed by atoms with Crippen LogP contribution in [0.15, 0.2) is 57.8 Å². The average molecular weight is 414 g/mol. The van der Waals surface area contributed by atoms with Crippen LogP contribution >= 0.6 is 27.3 Å². The lowest BCUT2D eigenvalue weighted by molar-refractivity contribution is 0.414. The molecule has 0 fully saturated rings. The van der Waals surface area contributed by atoms with Gasteiger partial charge in [-0.15, -0.1) is 5.10 Å². The molecule has 0 saturated heterocycles. The molecule has 2 heterocycles. The summed E-state index contributed by atoms with van der Waals surface area (Å²) >= 11 is 4.72. The highest BCUT2D eigenvalue weighted by molar-refractivity contribution is 9.10. The summed E-state index contributed by atoms with van der Waals surface area (Å²) in [6.45, 7) is 0. The molecule has 0 atom stereocenters. The fourth-order valence-electron chi connectivity index (χ4n) is 2.44. The van der Waals surface area contributed by atoms with Gasteiger partial charge < -0.3 is 4.74 Å². The summed E-state index contributed by atoms with van der Waals surface area (Å²) in [6.07, 6.45) is 1.82. The zero-order valence-electron chi connectivity index (χ0n) is 13.1. The summed E-state index contributed by atoms with van der Waals surface area (Å²) in [5.74, 6) is 1.29. The number of methoxy groups -OCH3 is 1. The van der Waals surface area contributed by atoms with Crippen LogP contribution in [0, 0.1) is 0 Å². The van der Waals surface area contributed by atoms with E-state index in [0.29, 0.717) is 15.3 Å². The van der Waals surface area contributed by atoms with Crippen molar-refractivity contribution in [2.45, 2.75) is 0 Å². The van der Waals surface area contributed by atoms with Gasteiger partial charge in [0.05, 0.1) is 11.6 Å². The van der Waals surface area contributed by atoms with E-state index >= 15 is 0 Å². The second-order valence-electron chi connectivity index (χ2n) is 5.33. The highest BCUT2D eigenvalue weighted by Crippen LogP contribution is 2.19. The summed E-state index contributed by atoms with van der Waals surface area (Å²) in [6, 6.07) is 15.2. The molecule has 0 spiro atoms. The van der Waals surface area contributed by atoms with Crippen molar-refractivity contribution in [3.05, 3.63) is 73.5 Å². The van der Waals surface area contributed by atoms with Crippen molar-refractivity contribution in [2.24, 2.45) is 0 Å². The van der Waals surface area contributed by atoms with Crippen molar-refractivity contribution in [3.8, 4) is 17.1 Å². The molecule has 124 valence electrons. The third-order valence-corrected chi connectivity index (χ3v) is 5.16. The zero-order chi connectivity index (χ0) is 17.4. The van der Waals surface area contributed by atoms with Crippen LogP contribution in [-0.2, 0) is 0 Å². The van der Waals surface area contributed by atoms with E-state index in [-0.39, 0.29) is 5.56 Å². The van der Waals surface area contributed by atoms with E-state index in [1.165, 1.54) is 15.9 Å². The molecular formula is C18H12BrN3O2S. The number of fused-ring (bicyclic) bond motifs is 1. The van der Waals surface area contributed by atoms with Gasteiger partial charge in [-0.1, -0.05) is 51.5 Å². The predicted molar refractivity (Wildman–Crippen MR) is 102 cm³/mol. The number of aromatic nitrogens is 3. The van der Waals surface area contributed by atoms with E-state index in [1.807, 2.05) is 54.6 Å². The van der Waals surface area contributed by atoms with Crippen LogP contribution in [0.1, 0.15) is 5.56 Å². The molecule has 0 aliphatic carbocycles. The quantitative estimate of drug-likeness (QED) is 0.517. The molecule has 0 amide bonds. The number of halogens is 1. The van der Waals surface area contributed by atoms with E-state index in [1.54, 1.807) is 7.11 Å². The standard InChI is InChI=1S/C18H12BrN3O2S/c1-24-14-4-2-3-11(9-14)10-15-17(23)22-18(25-15)20-16(21-22)12-5-7-13(19)8-6-12/h2-10H,1H3/b15-10-. The SMILES string of the molecule is COc1cccc(/C=c2\sc3nc(-c4ccc(Br)cc4)nn3c2=O)c1. The molecular weight excluding hydrogens is 402 g/mol. The summed E-state index contributed by atoms with van der Waals surface area (Å²) < 4.78 is 8.14. The second-order valence-corrected chi connectivity index (χ2v) is 7.25. The van der Waals surface area contributed by atoms with E-state index < -0.39 is 0 Å². The Kier molecular flexibility index (Phi) is 4.10. The number of thiazole rings is 1. The first-order chi connectivity index (χ1) is 12.1. The molecule has 0 N–H and O–H groups in total. The van der Waals surface area contributed by atoms with E-state index in [9.17, 15) is 4.79 Å². The maximum absolute atomic E-state index is 12.6. The minimum atomic E-state index is -0.168. The van der Waals surface area contributed by atoms with Crippen LogP contribution in [0.25, 0.3) is 22.4 Å². The van der Waals surface area contributed by atoms with Gasteiger partial charge in [-0.05, 0) is 35.9 Å². The minimum absolute atomic E-state index is 0.168. The second kappa shape index (κ2) is 6.42. The lowest BCUT2D eigenvalue weighted by atomic mass is 10.2. The number of hydrogen-bond acceptors (Lipinski definition) is 5. The van der Waals surface area contributed by atoms with Crippen LogP contribution in [0.5, 0.6) is 5.75 Å². The van der Waals surface area contributed by atoms with Crippen molar-refractivity contribution < 1.29 is 4.74 Å². The third-order valence-electron chi connectivity index (χ3n) is 3.68. The zero-order valence-corrected chi connectivity index (χ0v) is 15.5. The van der Waals surface area contributed by atoms with Gasteiger partial charge in [0.2, 0.25) is 4.96 Å². The van der Waals surface area contributed by atoms with Crippen LogP contribution in [0.4, 0.5) is 0 Å². The van der Waals surface area contributed by atoms with Crippen LogP contribution in [-0.4, -0.2) is 21.7 Å². The number of rotatable bonds is 3. The smallest absolute Gasteiger partial charge is 0.291 e. The molecule has 7 heteroatoms. The number of ether oxygens (including phenoxy) is 1. The lowest BCUT2D eigenvalue weighted by Crippen LogP contribution is -2.23. The molecule has 5 nitrogen and oxygen atoms in total. The van der Waals surface area contributed by atoms with E-state index in [2.05, 4.69) is 26.0 Å². The van der Waals surface area contributed by atoms with Gasteiger partial charge in [-0.25, -0.2) is 0 Å². The fraction of sp³-hybridized carbons (Fsp3) is 0.0556. The number of hydrogen-bond donors (Lipinski definition) is 0. The van der Waals surface area contributed by atoms with Crippen LogP contribution < -0.4 is 14.8 Å². The van der Waals surface area contributed by atoms with E-state index in [0.717, 1.165) is 21.3 Å². The summed E-state index contributed by atoms with van der Waals surface area (Å²) in [4.78, 5) is 17.6. The van der Waals surface area contributed by atoms with Crippen LogP contribution in [0.3, 0.4) is 0 Å². The first-order valence-electron chi connectivity index (χ1n) is 7.45. The van der Waals surface area contributed by atoms with Crippen LogP contribution in [0.2, 0.25) is 0 Å². The predicted octanol–water partition coefficient (Wildman–Crippen LogP) is 3.14. The van der Waals surface area contributed by atoms with Gasteiger partial charge in [-0.2, -0.15) is 9.50 Å². The summed E-state index contributed by atoms with van der Waals surface area (Å²) in [5, 5.41) is 4.35. The highest BCUT2D eigenvalue weighted by Gasteiger charge is 2.11. The molecule has 0 bridgehead atoms. The van der Waals surface area contributed by atoms with Crippen molar-refractivity contribution in [3.63, 3.8) is 0 Å². The Labute approximate surface area is 155 Å². The first-order valence-corrected chi connectivity index (χ1v) is 9.06. The monoisotopic (exact) mass is 413 g/mol. The third kappa shape index (κ3) is 3.08. The largest absolute Gasteiger partial charge is 0.497 e. The van der Waals surface area contributed by atoms with Gasteiger partial charge in [0.15, 0.2) is 5.82 Å². The molecule has 4 rings (SSSR count). The maximum Gasteiger partial charge on any atom is 0.291 e. The summed E-state index contributed by atoms with van der Waals surface area (Å²) in [5.41, 5.74) is 1.60. The molecule has 0 saturated carbocycles. The maximum atomic E-state index is 12.6. The molecule has 2 aromatic carbocycles. The minimum Gasteiger partial charge on any atom is -0.497 e. The van der Waals surface area contributed by atoms with Gasteiger partial charge in [0.1, 0.15) is 5.75 Å². The number of nitrogens with zero attached hydrogens (tertiary/aromatic N) is 3. The Hall–Kier alpha value is -2.51. The van der Waals surface area contributed by atoms with Crippen molar-refractivity contribution in [1.82, 2.24) is 14.6 Å². The topological polar surface area (TPSA) is 56.5 Å². The normalized spacial score (nSPS) is 12.0. The van der Waals surface area contributed by atoms with Crippen molar-refractivity contribution >= 4 is 38.3 Å². The van der Waals surface area contributed by atoms with Crippen molar-refractivity contribution in [1.29, 1.82) is 0 Å². The molecule has 4 aromatic rings.